The predicted octanol–water partition coefficient (Wildman–Crippen LogP) is 10.7. The number of aliphatic hydroxyl groups is 1. The summed E-state index contributed by atoms with van der Waals surface area (Å²) in [5, 5.41) is 26.8. The normalized spacial score (nSPS) is 12.5. The van der Waals surface area contributed by atoms with Gasteiger partial charge in [-0.05, 0) is 64.2 Å². The molecule has 0 aliphatic carbocycles. The molecule has 1 atom stereocenters. The first-order valence-electron chi connectivity index (χ1n) is 16.7. The standard InChI is InChI=1S/C18H32O3.C18H32O2/c1-2-3-4-5-6-8-11-14-17(19)15-12-9-7-10-13-16-18(20)21;1-2-3-4-5-6-7-8-9-10-11-12-13-14-15-16-17-18(19)20/h7,10,13,16-17,19H,2-6,8-9,11-12,14-15H2,1H3,(H,20,21);6-7,9-10H,2-5,8,11-17H2,1H3,(H,19,20)/b;7-6-,10-9-. The summed E-state index contributed by atoms with van der Waals surface area (Å²) in [6.07, 6.45) is 41.0. The largest absolute Gasteiger partial charge is 0.481 e. The Hall–Kier alpha value is -2.14. The minimum Gasteiger partial charge on any atom is -0.481 e. The van der Waals surface area contributed by atoms with E-state index < -0.39 is 11.9 Å². The smallest absolute Gasteiger partial charge is 0.328 e. The third-order valence-corrected chi connectivity index (χ3v) is 6.88. The monoisotopic (exact) mass is 576 g/mol. The Labute approximate surface area is 252 Å². The fraction of sp³-hybridized carbons (Fsp3) is 0.722. The molecule has 0 saturated heterocycles. The highest BCUT2D eigenvalue weighted by Gasteiger charge is 2.02. The van der Waals surface area contributed by atoms with E-state index in [2.05, 4.69) is 38.2 Å². The number of unbranched alkanes of at least 4 members (excludes halogenated alkanes) is 15. The first-order chi connectivity index (χ1) is 19.9. The van der Waals surface area contributed by atoms with Gasteiger partial charge in [-0.25, -0.2) is 4.79 Å². The number of carboxylic acid groups (broad SMARTS) is 2. The zero-order valence-electron chi connectivity index (χ0n) is 26.6. The van der Waals surface area contributed by atoms with Gasteiger partial charge in [0.1, 0.15) is 0 Å². The Bertz CT molecular complexity index is 677. The maximum atomic E-state index is 10.3. The fourth-order valence-corrected chi connectivity index (χ4v) is 4.35. The van der Waals surface area contributed by atoms with E-state index in [0.717, 1.165) is 63.9 Å². The molecule has 0 aromatic heterocycles. The molecule has 0 bridgehead atoms. The second-order valence-corrected chi connectivity index (χ2v) is 11.0. The van der Waals surface area contributed by atoms with Crippen molar-refractivity contribution >= 4 is 11.9 Å². The number of carboxylic acids is 2. The van der Waals surface area contributed by atoms with Gasteiger partial charge in [-0.1, -0.05) is 133 Å². The lowest BCUT2D eigenvalue weighted by atomic mass is 10.0. The summed E-state index contributed by atoms with van der Waals surface area (Å²) in [4.78, 5) is 20.5. The van der Waals surface area contributed by atoms with Crippen molar-refractivity contribution < 1.29 is 24.9 Å². The van der Waals surface area contributed by atoms with Crippen LogP contribution < -0.4 is 0 Å². The van der Waals surface area contributed by atoms with Crippen molar-refractivity contribution in [3.05, 3.63) is 48.6 Å². The third-order valence-electron chi connectivity index (χ3n) is 6.88. The summed E-state index contributed by atoms with van der Waals surface area (Å²) in [6, 6.07) is 0. The molecule has 238 valence electrons. The van der Waals surface area contributed by atoms with Gasteiger partial charge in [-0.3, -0.25) is 4.79 Å². The Morgan fingerprint density at radius 1 is 0.561 bits per heavy atom. The van der Waals surface area contributed by atoms with Gasteiger partial charge < -0.3 is 15.3 Å². The van der Waals surface area contributed by atoms with Crippen LogP contribution in [0, 0.1) is 0 Å². The zero-order valence-corrected chi connectivity index (χ0v) is 26.6. The van der Waals surface area contributed by atoms with Gasteiger partial charge in [0.05, 0.1) is 6.10 Å². The van der Waals surface area contributed by atoms with E-state index in [0.29, 0.717) is 6.42 Å². The topological polar surface area (TPSA) is 94.8 Å². The number of carbonyl (C=O) groups is 2. The Morgan fingerprint density at radius 3 is 1.66 bits per heavy atom. The lowest BCUT2D eigenvalue weighted by Crippen LogP contribution is -2.05. The van der Waals surface area contributed by atoms with Gasteiger partial charge in [0, 0.05) is 12.5 Å². The van der Waals surface area contributed by atoms with E-state index in [4.69, 9.17) is 10.2 Å². The van der Waals surface area contributed by atoms with E-state index in [1.54, 1.807) is 6.08 Å². The fourth-order valence-electron chi connectivity index (χ4n) is 4.35. The maximum Gasteiger partial charge on any atom is 0.328 e. The van der Waals surface area contributed by atoms with Crippen molar-refractivity contribution in [2.24, 2.45) is 0 Å². The zero-order chi connectivity index (χ0) is 30.7. The highest BCUT2D eigenvalue weighted by atomic mass is 16.4. The number of hydrogen-bond donors (Lipinski definition) is 3. The molecule has 0 heterocycles. The van der Waals surface area contributed by atoms with Crippen LogP contribution in [0.5, 0.6) is 0 Å². The van der Waals surface area contributed by atoms with Crippen molar-refractivity contribution in [1.82, 2.24) is 0 Å². The Morgan fingerprint density at radius 2 is 1.05 bits per heavy atom. The number of allylic oxidation sites excluding steroid dienone is 7. The van der Waals surface area contributed by atoms with Gasteiger partial charge in [-0.2, -0.15) is 0 Å². The van der Waals surface area contributed by atoms with Crippen LogP contribution in [0.1, 0.15) is 162 Å². The molecule has 0 spiro atoms. The molecule has 0 aliphatic rings. The van der Waals surface area contributed by atoms with E-state index in [1.807, 2.05) is 6.08 Å². The lowest BCUT2D eigenvalue weighted by Gasteiger charge is -2.09. The Kier molecular flexibility index (Phi) is 35.9. The van der Waals surface area contributed by atoms with Crippen LogP contribution in [0.25, 0.3) is 0 Å². The molecule has 3 N–H and O–H groups in total. The van der Waals surface area contributed by atoms with Crippen LogP contribution >= 0.6 is 0 Å². The first kappa shape index (κ1) is 41.0. The van der Waals surface area contributed by atoms with E-state index >= 15 is 0 Å². The SMILES string of the molecule is CCCCC/C=C\C/C=C\CCCCCCCC(=O)O.CCCCCCCCCC(O)CCCC=CC=CC(=O)O. The molecule has 0 aromatic carbocycles. The summed E-state index contributed by atoms with van der Waals surface area (Å²) in [7, 11) is 0. The Balaban J connectivity index is 0. The predicted molar refractivity (Wildman–Crippen MR) is 175 cm³/mol. The van der Waals surface area contributed by atoms with Gasteiger partial charge in [0.15, 0.2) is 0 Å². The van der Waals surface area contributed by atoms with Crippen molar-refractivity contribution in [3.63, 3.8) is 0 Å². The molecule has 0 radical (unpaired) electrons. The number of rotatable bonds is 28. The molecule has 41 heavy (non-hydrogen) atoms. The van der Waals surface area contributed by atoms with E-state index in [1.165, 1.54) is 89.5 Å². The minimum atomic E-state index is -0.926. The maximum absolute atomic E-state index is 10.3. The molecule has 0 fully saturated rings. The van der Waals surface area contributed by atoms with Crippen LogP contribution in [0.4, 0.5) is 0 Å². The highest BCUT2D eigenvalue weighted by Crippen LogP contribution is 2.13. The van der Waals surface area contributed by atoms with Crippen molar-refractivity contribution in [2.75, 3.05) is 0 Å². The molecule has 5 nitrogen and oxygen atoms in total. The van der Waals surface area contributed by atoms with Gasteiger partial charge >= 0.3 is 11.9 Å². The van der Waals surface area contributed by atoms with E-state index in [9.17, 15) is 14.7 Å². The van der Waals surface area contributed by atoms with Crippen molar-refractivity contribution in [1.29, 1.82) is 0 Å². The van der Waals surface area contributed by atoms with Crippen LogP contribution in [0.3, 0.4) is 0 Å². The van der Waals surface area contributed by atoms with Crippen molar-refractivity contribution in [2.45, 2.75) is 168 Å². The van der Waals surface area contributed by atoms with Crippen LogP contribution in [0.15, 0.2) is 48.6 Å². The lowest BCUT2D eigenvalue weighted by molar-refractivity contribution is -0.137. The molecular weight excluding hydrogens is 512 g/mol. The minimum absolute atomic E-state index is 0.177. The molecule has 1 unspecified atom stereocenters. The molecular formula is C36H64O5. The summed E-state index contributed by atoms with van der Waals surface area (Å²) in [5.41, 5.74) is 0. The molecule has 0 aromatic rings. The number of aliphatic carboxylic acids is 2. The van der Waals surface area contributed by atoms with E-state index in [-0.39, 0.29) is 6.10 Å². The second kappa shape index (κ2) is 35.9. The van der Waals surface area contributed by atoms with Gasteiger partial charge in [0.25, 0.3) is 0 Å². The average molecular weight is 577 g/mol. The molecule has 0 saturated carbocycles. The summed E-state index contributed by atoms with van der Waals surface area (Å²) < 4.78 is 0. The first-order valence-corrected chi connectivity index (χ1v) is 16.7. The van der Waals surface area contributed by atoms with Crippen LogP contribution in [-0.2, 0) is 9.59 Å². The van der Waals surface area contributed by atoms with Crippen LogP contribution in [-0.4, -0.2) is 33.4 Å². The number of hydrogen-bond acceptors (Lipinski definition) is 3. The molecule has 5 heteroatoms. The average Bonchev–Trinajstić information content (AvgIpc) is 2.94. The van der Waals surface area contributed by atoms with Crippen molar-refractivity contribution in [3.8, 4) is 0 Å². The third kappa shape index (κ3) is 42.5. The number of aliphatic hydroxyl groups excluding tert-OH is 1. The van der Waals surface area contributed by atoms with Crippen LogP contribution in [0.2, 0.25) is 0 Å². The molecule has 0 amide bonds. The van der Waals surface area contributed by atoms with Gasteiger partial charge in [0.2, 0.25) is 0 Å². The highest BCUT2D eigenvalue weighted by molar-refractivity contribution is 5.80. The summed E-state index contributed by atoms with van der Waals surface area (Å²) in [5.74, 6) is -1.60. The summed E-state index contributed by atoms with van der Waals surface area (Å²) in [6.45, 7) is 4.46. The van der Waals surface area contributed by atoms with Gasteiger partial charge in [-0.15, -0.1) is 0 Å². The quantitative estimate of drug-likeness (QED) is 0.0373. The molecule has 0 rings (SSSR count). The second-order valence-electron chi connectivity index (χ2n) is 11.0. The molecule has 0 aliphatic heterocycles. The summed E-state index contributed by atoms with van der Waals surface area (Å²) >= 11 is 0.